The van der Waals surface area contributed by atoms with Gasteiger partial charge in [-0.2, -0.15) is 4.98 Å². The average Bonchev–Trinajstić information content (AvgIpc) is 3.32. The molecule has 3 aromatic carbocycles. The molecule has 33 heavy (non-hydrogen) atoms. The topological polar surface area (TPSA) is 73.8 Å². The number of nitrogens with zero attached hydrogens (tertiary/aromatic N) is 4. The van der Waals surface area contributed by atoms with Crippen LogP contribution in [0.2, 0.25) is 0 Å². The Kier molecular flexibility index (Phi) is 5.75. The number of hydrogen-bond acceptors (Lipinski definition) is 6. The van der Waals surface area contributed by atoms with Crippen LogP contribution in [0.4, 0.5) is 4.39 Å². The van der Waals surface area contributed by atoms with E-state index in [-0.39, 0.29) is 17.4 Å². The third kappa shape index (κ3) is 4.29. The zero-order chi connectivity index (χ0) is 22.8. The van der Waals surface area contributed by atoms with Gasteiger partial charge < -0.3 is 4.52 Å². The number of halogens is 1. The molecule has 0 N–H and O–H groups in total. The summed E-state index contributed by atoms with van der Waals surface area (Å²) in [4.78, 5) is 22.6. The highest BCUT2D eigenvalue weighted by Gasteiger charge is 2.19. The molecule has 0 saturated carbocycles. The van der Waals surface area contributed by atoms with Crippen LogP contribution in [-0.2, 0) is 5.75 Å². The fraction of sp³-hybridized carbons (Fsp3) is 0.120. The second-order valence-electron chi connectivity index (χ2n) is 7.48. The van der Waals surface area contributed by atoms with Crippen LogP contribution >= 0.6 is 11.8 Å². The average molecular weight is 459 g/mol. The number of para-hydroxylation sites is 1. The summed E-state index contributed by atoms with van der Waals surface area (Å²) in [5.74, 6) is 0.777. The molecule has 0 radical (unpaired) electrons. The molecule has 0 aliphatic heterocycles. The van der Waals surface area contributed by atoms with E-state index in [0.717, 1.165) is 5.56 Å². The van der Waals surface area contributed by atoms with Crippen LogP contribution < -0.4 is 5.56 Å². The molecule has 2 heterocycles. The molecule has 5 aromatic rings. The largest absolute Gasteiger partial charge is 0.338 e. The number of fused-ring (bicyclic) bond motifs is 1. The van der Waals surface area contributed by atoms with Gasteiger partial charge in [-0.1, -0.05) is 59.4 Å². The molecule has 0 fully saturated rings. The first-order valence-electron chi connectivity index (χ1n) is 10.4. The summed E-state index contributed by atoms with van der Waals surface area (Å²) in [6.07, 6.45) is 0. The van der Waals surface area contributed by atoms with E-state index in [4.69, 9.17) is 9.51 Å². The third-order valence-electron chi connectivity index (χ3n) is 5.34. The highest BCUT2D eigenvalue weighted by molar-refractivity contribution is 7.98. The zero-order valence-corrected chi connectivity index (χ0v) is 18.5. The van der Waals surface area contributed by atoms with Crippen LogP contribution in [0, 0.1) is 5.82 Å². The van der Waals surface area contributed by atoms with Crippen molar-refractivity contribution in [3.05, 3.63) is 106 Å². The lowest BCUT2D eigenvalue weighted by molar-refractivity contribution is 0.391. The first kappa shape index (κ1) is 21.1. The standard InChI is InChI=1S/C25H19FN4O2S/c1-16(17-7-3-2-4-8-17)30-24(31)20-9-5-6-10-21(20)27-25(30)33-15-22-28-23(29-32-22)18-11-13-19(26)14-12-18/h2-14,16H,15H2,1H3/t16-/m0/s1. The molecule has 0 amide bonds. The van der Waals surface area contributed by atoms with Crippen molar-refractivity contribution < 1.29 is 8.91 Å². The number of rotatable bonds is 6. The second kappa shape index (κ2) is 8.99. The second-order valence-corrected chi connectivity index (χ2v) is 8.42. The fourth-order valence-corrected chi connectivity index (χ4v) is 4.52. The van der Waals surface area contributed by atoms with E-state index in [1.807, 2.05) is 55.5 Å². The summed E-state index contributed by atoms with van der Waals surface area (Å²) < 4.78 is 20.3. The first-order chi connectivity index (χ1) is 16.1. The maximum Gasteiger partial charge on any atom is 0.262 e. The Balaban J connectivity index is 1.49. The predicted octanol–water partition coefficient (Wildman–Crippen LogP) is 5.49. The van der Waals surface area contributed by atoms with E-state index in [1.54, 1.807) is 22.8 Å². The molecule has 2 aromatic heterocycles. The molecule has 8 heteroatoms. The summed E-state index contributed by atoms with van der Waals surface area (Å²) in [5.41, 5.74) is 2.21. The smallest absolute Gasteiger partial charge is 0.262 e. The van der Waals surface area contributed by atoms with Gasteiger partial charge in [0.15, 0.2) is 5.16 Å². The molecule has 0 bridgehead atoms. The van der Waals surface area contributed by atoms with Gasteiger partial charge in [-0.3, -0.25) is 9.36 Å². The Bertz CT molecular complexity index is 1470. The molecule has 0 aliphatic carbocycles. The van der Waals surface area contributed by atoms with Gasteiger partial charge in [0.25, 0.3) is 5.56 Å². The lowest BCUT2D eigenvalue weighted by atomic mass is 10.1. The van der Waals surface area contributed by atoms with Gasteiger partial charge in [0, 0.05) is 5.56 Å². The zero-order valence-electron chi connectivity index (χ0n) is 17.7. The third-order valence-corrected chi connectivity index (χ3v) is 6.28. The number of aromatic nitrogens is 4. The van der Waals surface area contributed by atoms with E-state index in [2.05, 4.69) is 10.1 Å². The molecule has 0 aliphatic rings. The number of thioether (sulfide) groups is 1. The maximum atomic E-state index is 13.4. The Morgan fingerprint density at radius 3 is 2.48 bits per heavy atom. The van der Waals surface area contributed by atoms with Gasteiger partial charge in [0.05, 0.1) is 22.7 Å². The van der Waals surface area contributed by atoms with Crippen molar-refractivity contribution in [1.82, 2.24) is 19.7 Å². The van der Waals surface area contributed by atoms with Gasteiger partial charge in [-0.05, 0) is 48.9 Å². The molecular formula is C25H19FN4O2S. The van der Waals surface area contributed by atoms with Crippen LogP contribution in [0.1, 0.15) is 24.4 Å². The fourth-order valence-electron chi connectivity index (χ4n) is 3.61. The molecule has 0 spiro atoms. The summed E-state index contributed by atoms with van der Waals surface area (Å²) in [6, 6.07) is 22.8. The lowest BCUT2D eigenvalue weighted by Gasteiger charge is -2.19. The minimum absolute atomic E-state index is 0.100. The Morgan fingerprint density at radius 1 is 0.970 bits per heavy atom. The summed E-state index contributed by atoms with van der Waals surface area (Å²) in [5, 5.41) is 5.13. The number of hydrogen-bond donors (Lipinski definition) is 0. The van der Waals surface area contributed by atoms with E-state index >= 15 is 0 Å². The highest BCUT2D eigenvalue weighted by Crippen LogP contribution is 2.27. The van der Waals surface area contributed by atoms with Crippen molar-refractivity contribution in [2.75, 3.05) is 0 Å². The molecular weight excluding hydrogens is 439 g/mol. The summed E-state index contributed by atoms with van der Waals surface area (Å²) >= 11 is 1.36. The van der Waals surface area contributed by atoms with E-state index < -0.39 is 0 Å². The summed E-state index contributed by atoms with van der Waals surface area (Å²) in [6.45, 7) is 1.98. The van der Waals surface area contributed by atoms with Gasteiger partial charge >= 0.3 is 0 Å². The van der Waals surface area contributed by atoms with Crippen LogP contribution in [0.5, 0.6) is 0 Å². The van der Waals surface area contributed by atoms with Gasteiger partial charge in [0.2, 0.25) is 11.7 Å². The van der Waals surface area contributed by atoms with Crippen molar-refractivity contribution >= 4 is 22.7 Å². The lowest BCUT2D eigenvalue weighted by Crippen LogP contribution is -2.27. The van der Waals surface area contributed by atoms with Crippen molar-refractivity contribution in [3.63, 3.8) is 0 Å². The summed E-state index contributed by atoms with van der Waals surface area (Å²) in [7, 11) is 0. The Morgan fingerprint density at radius 2 is 1.70 bits per heavy atom. The van der Waals surface area contributed by atoms with Gasteiger partial charge in [0.1, 0.15) is 5.82 Å². The quantitative estimate of drug-likeness (QED) is 0.248. The van der Waals surface area contributed by atoms with Crippen molar-refractivity contribution in [3.8, 4) is 11.4 Å². The molecule has 0 saturated heterocycles. The Hall–Kier alpha value is -3.78. The molecule has 6 nitrogen and oxygen atoms in total. The minimum atomic E-state index is -0.328. The van der Waals surface area contributed by atoms with E-state index in [1.165, 1.54) is 23.9 Å². The molecule has 0 unspecified atom stereocenters. The van der Waals surface area contributed by atoms with Crippen LogP contribution in [-0.4, -0.2) is 19.7 Å². The van der Waals surface area contributed by atoms with Crippen molar-refractivity contribution in [2.24, 2.45) is 0 Å². The minimum Gasteiger partial charge on any atom is -0.338 e. The molecule has 1 atom stereocenters. The van der Waals surface area contributed by atoms with E-state index in [0.29, 0.717) is 39.1 Å². The SMILES string of the molecule is C[C@@H](c1ccccc1)n1c(SCc2nc(-c3ccc(F)cc3)no2)nc2ccccc2c1=O. The predicted molar refractivity (Wildman–Crippen MR) is 126 cm³/mol. The molecule has 5 rings (SSSR count). The van der Waals surface area contributed by atoms with Crippen LogP contribution in [0.3, 0.4) is 0 Å². The van der Waals surface area contributed by atoms with Crippen molar-refractivity contribution in [2.45, 2.75) is 23.9 Å². The van der Waals surface area contributed by atoms with Gasteiger partial charge in [-0.25, -0.2) is 9.37 Å². The highest BCUT2D eigenvalue weighted by atomic mass is 32.2. The first-order valence-corrected chi connectivity index (χ1v) is 11.4. The number of benzene rings is 3. The molecule has 164 valence electrons. The van der Waals surface area contributed by atoms with Crippen molar-refractivity contribution in [1.29, 1.82) is 0 Å². The normalized spacial score (nSPS) is 12.2. The van der Waals surface area contributed by atoms with E-state index in [9.17, 15) is 9.18 Å². The Labute approximate surface area is 193 Å². The van der Waals surface area contributed by atoms with Crippen LogP contribution in [0.25, 0.3) is 22.3 Å². The van der Waals surface area contributed by atoms with Crippen LogP contribution in [0.15, 0.2) is 93.3 Å². The maximum absolute atomic E-state index is 13.4. The van der Waals surface area contributed by atoms with Gasteiger partial charge in [-0.15, -0.1) is 0 Å². The monoisotopic (exact) mass is 458 g/mol.